The van der Waals surface area contributed by atoms with Gasteiger partial charge in [-0.2, -0.15) is 0 Å². The first-order valence-electron chi connectivity index (χ1n) is 6.19. The van der Waals surface area contributed by atoms with E-state index in [4.69, 9.17) is 10.5 Å². The molecule has 0 spiro atoms. The van der Waals surface area contributed by atoms with Crippen LogP contribution in [0.2, 0.25) is 0 Å². The van der Waals surface area contributed by atoms with Crippen molar-refractivity contribution in [3.8, 4) is 5.75 Å². The Hall–Kier alpha value is -2.63. The minimum atomic E-state index is -0.518. The second kappa shape index (κ2) is 6.21. The van der Waals surface area contributed by atoms with Crippen molar-refractivity contribution in [1.82, 2.24) is 0 Å². The smallest absolute Gasteiger partial charge is 0.262 e. The highest BCUT2D eigenvalue weighted by atomic mass is 19.1. The molecule has 3 N–H and O–H groups in total. The fourth-order valence-electron chi connectivity index (χ4n) is 1.70. The van der Waals surface area contributed by atoms with Gasteiger partial charge in [0.15, 0.2) is 6.61 Å². The number of nitrogen functional groups attached to an aromatic ring is 1. The van der Waals surface area contributed by atoms with Gasteiger partial charge in [-0.3, -0.25) is 4.79 Å². The molecular weight excluding hydrogens is 278 g/mol. The average molecular weight is 292 g/mol. The van der Waals surface area contributed by atoms with Crippen molar-refractivity contribution in [2.75, 3.05) is 17.7 Å². The largest absolute Gasteiger partial charge is 0.483 e. The summed E-state index contributed by atoms with van der Waals surface area (Å²) >= 11 is 0. The molecule has 4 nitrogen and oxygen atoms in total. The molecule has 6 heteroatoms. The molecule has 2 rings (SSSR count). The maximum absolute atomic E-state index is 13.1. The highest BCUT2D eigenvalue weighted by Crippen LogP contribution is 2.20. The van der Waals surface area contributed by atoms with Crippen molar-refractivity contribution in [3.05, 3.63) is 53.6 Å². The standard InChI is InChI=1S/C15H14F2N2O2/c1-9-2-3-11(17)7-14(9)21-8-15(20)19-13-6-10(16)4-5-12(13)18/h2-7H,8,18H2,1H3,(H,19,20). The van der Waals surface area contributed by atoms with Gasteiger partial charge in [-0.15, -0.1) is 0 Å². The van der Waals surface area contributed by atoms with E-state index >= 15 is 0 Å². The van der Waals surface area contributed by atoms with Crippen LogP contribution in [0.1, 0.15) is 5.56 Å². The van der Waals surface area contributed by atoms with Crippen LogP contribution >= 0.6 is 0 Å². The van der Waals surface area contributed by atoms with Crippen molar-refractivity contribution in [3.63, 3.8) is 0 Å². The molecule has 2 aromatic rings. The van der Waals surface area contributed by atoms with E-state index in [-0.39, 0.29) is 23.7 Å². The van der Waals surface area contributed by atoms with E-state index in [0.29, 0.717) is 5.56 Å². The Labute approximate surface area is 120 Å². The predicted octanol–water partition coefficient (Wildman–Crippen LogP) is 2.87. The van der Waals surface area contributed by atoms with Gasteiger partial charge < -0.3 is 15.8 Å². The third-order valence-electron chi connectivity index (χ3n) is 2.80. The number of benzene rings is 2. The van der Waals surface area contributed by atoms with Gasteiger partial charge in [-0.05, 0) is 36.8 Å². The number of hydrogen-bond acceptors (Lipinski definition) is 3. The Morgan fingerprint density at radius 2 is 1.86 bits per heavy atom. The second-order valence-corrected chi connectivity index (χ2v) is 4.48. The summed E-state index contributed by atoms with van der Waals surface area (Å²) in [5, 5.41) is 2.43. The number of hydrogen-bond donors (Lipinski definition) is 2. The molecule has 0 fully saturated rings. The van der Waals surface area contributed by atoms with Crippen molar-refractivity contribution in [1.29, 1.82) is 0 Å². The van der Waals surface area contributed by atoms with E-state index in [1.165, 1.54) is 24.3 Å². The molecule has 0 aromatic heterocycles. The summed E-state index contributed by atoms with van der Waals surface area (Å²) in [7, 11) is 0. The first-order chi connectivity index (χ1) is 9.95. The number of halogens is 2. The van der Waals surface area contributed by atoms with Crippen LogP contribution < -0.4 is 15.8 Å². The first-order valence-corrected chi connectivity index (χ1v) is 6.19. The summed E-state index contributed by atoms with van der Waals surface area (Å²) in [4.78, 5) is 11.7. The highest BCUT2D eigenvalue weighted by molar-refractivity contribution is 5.94. The van der Waals surface area contributed by atoms with Crippen LogP contribution in [0.15, 0.2) is 36.4 Å². The number of nitrogens with two attached hydrogens (primary N) is 1. The molecule has 0 atom stereocenters. The molecule has 0 saturated heterocycles. The lowest BCUT2D eigenvalue weighted by molar-refractivity contribution is -0.118. The van der Waals surface area contributed by atoms with Crippen LogP contribution in [0.4, 0.5) is 20.2 Å². The van der Waals surface area contributed by atoms with Gasteiger partial charge in [-0.25, -0.2) is 8.78 Å². The summed E-state index contributed by atoms with van der Waals surface area (Å²) in [6.07, 6.45) is 0. The summed E-state index contributed by atoms with van der Waals surface area (Å²) in [6.45, 7) is 1.40. The summed E-state index contributed by atoms with van der Waals surface area (Å²) in [5.74, 6) is -1.21. The monoisotopic (exact) mass is 292 g/mol. The predicted molar refractivity (Wildman–Crippen MR) is 76.1 cm³/mol. The second-order valence-electron chi connectivity index (χ2n) is 4.48. The van der Waals surface area contributed by atoms with E-state index < -0.39 is 17.5 Å². The highest BCUT2D eigenvalue weighted by Gasteiger charge is 2.09. The van der Waals surface area contributed by atoms with Crippen molar-refractivity contribution in [2.24, 2.45) is 0 Å². The van der Waals surface area contributed by atoms with Crippen LogP contribution in [-0.4, -0.2) is 12.5 Å². The summed E-state index contributed by atoms with van der Waals surface area (Å²) in [6, 6.07) is 7.70. The Balaban J connectivity index is 1.99. The maximum atomic E-state index is 13.1. The van der Waals surface area contributed by atoms with Crippen LogP contribution in [0.3, 0.4) is 0 Å². The molecule has 0 aliphatic rings. The number of carbonyl (C=O) groups is 1. The normalized spacial score (nSPS) is 10.2. The Kier molecular flexibility index (Phi) is 4.37. The van der Waals surface area contributed by atoms with Crippen LogP contribution in [0, 0.1) is 18.6 Å². The fraction of sp³-hybridized carbons (Fsp3) is 0.133. The average Bonchev–Trinajstić information content (AvgIpc) is 2.44. The zero-order valence-electron chi connectivity index (χ0n) is 11.3. The van der Waals surface area contributed by atoms with E-state index in [9.17, 15) is 13.6 Å². The fourth-order valence-corrected chi connectivity index (χ4v) is 1.70. The van der Waals surface area contributed by atoms with Crippen molar-refractivity contribution in [2.45, 2.75) is 6.92 Å². The molecule has 21 heavy (non-hydrogen) atoms. The molecule has 0 bridgehead atoms. The maximum Gasteiger partial charge on any atom is 0.262 e. The minimum Gasteiger partial charge on any atom is -0.483 e. The van der Waals surface area contributed by atoms with Gasteiger partial charge in [0.25, 0.3) is 5.91 Å². The zero-order valence-corrected chi connectivity index (χ0v) is 11.3. The number of amides is 1. The Morgan fingerprint density at radius 1 is 1.19 bits per heavy atom. The van der Waals surface area contributed by atoms with Crippen molar-refractivity contribution < 1.29 is 18.3 Å². The van der Waals surface area contributed by atoms with Gasteiger partial charge in [0, 0.05) is 6.07 Å². The minimum absolute atomic E-state index is 0.166. The number of aryl methyl sites for hydroxylation is 1. The number of nitrogens with one attached hydrogen (secondary N) is 1. The lowest BCUT2D eigenvalue weighted by Gasteiger charge is -2.11. The molecule has 0 saturated carbocycles. The van der Waals surface area contributed by atoms with E-state index in [1.54, 1.807) is 13.0 Å². The number of carbonyl (C=O) groups excluding carboxylic acids is 1. The third kappa shape index (κ3) is 3.92. The van der Waals surface area contributed by atoms with Gasteiger partial charge in [0.2, 0.25) is 0 Å². The van der Waals surface area contributed by atoms with E-state index in [0.717, 1.165) is 6.07 Å². The molecule has 1 amide bonds. The van der Waals surface area contributed by atoms with E-state index in [1.807, 2.05) is 0 Å². The Bertz CT molecular complexity index is 675. The van der Waals surface area contributed by atoms with Gasteiger partial charge in [-0.1, -0.05) is 6.07 Å². The number of rotatable bonds is 4. The number of anilines is 2. The first kappa shape index (κ1) is 14.8. The van der Waals surface area contributed by atoms with Gasteiger partial charge in [0.05, 0.1) is 11.4 Å². The van der Waals surface area contributed by atoms with E-state index in [2.05, 4.69) is 5.32 Å². The van der Waals surface area contributed by atoms with Crippen LogP contribution in [-0.2, 0) is 4.79 Å². The topological polar surface area (TPSA) is 64.3 Å². The molecule has 0 heterocycles. The molecule has 2 aromatic carbocycles. The SMILES string of the molecule is Cc1ccc(F)cc1OCC(=O)Nc1cc(F)ccc1N. The molecule has 0 aliphatic heterocycles. The van der Waals surface area contributed by atoms with Gasteiger partial charge in [0.1, 0.15) is 17.4 Å². The van der Waals surface area contributed by atoms with Crippen LogP contribution in [0.25, 0.3) is 0 Å². The molecule has 0 aliphatic carbocycles. The lowest BCUT2D eigenvalue weighted by Crippen LogP contribution is -2.21. The number of ether oxygens (including phenoxy) is 1. The lowest BCUT2D eigenvalue weighted by atomic mass is 10.2. The van der Waals surface area contributed by atoms with Gasteiger partial charge >= 0.3 is 0 Å². The summed E-state index contributed by atoms with van der Waals surface area (Å²) in [5.41, 5.74) is 6.73. The van der Waals surface area contributed by atoms with Crippen molar-refractivity contribution >= 4 is 17.3 Å². The molecule has 0 unspecified atom stereocenters. The Morgan fingerprint density at radius 3 is 2.62 bits per heavy atom. The quantitative estimate of drug-likeness (QED) is 0.852. The molecule has 110 valence electrons. The van der Waals surface area contributed by atoms with Crippen LogP contribution in [0.5, 0.6) is 5.75 Å². The summed E-state index contributed by atoms with van der Waals surface area (Å²) < 4.78 is 31.4. The zero-order chi connectivity index (χ0) is 15.4. The third-order valence-corrected chi connectivity index (χ3v) is 2.80. The molecular formula is C15H14F2N2O2. The molecule has 0 radical (unpaired) electrons.